The highest BCUT2D eigenvalue weighted by Crippen LogP contribution is 2.28. The zero-order valence-electron chi connectivity index (χ0n) is 16.2. The Kier molecular flexibility index (Phi) is 6.51. The molecular formula is C20H20Cl2N2O4S. The fourth-order valence-corrected chi connectivity index (χ4v) is 4.40. The maximum Gasteiger partial charge on any atom is 0.332 e. The minimum absolute atomic E-state index is 0.0141. The number of aromatic nitrogens is 2. The van der Waals surface area contributed by atoms with Crippen molar-refractivity contribution in [2.75, 3.05) is 6.61 Å². The van der Waals surface area contributed by atoms with Gasteiger partial charge in [0.05, 0.1) is 28.6 Å². The van der Waals surface area contributed by atoms with Crippen LogP contribution in [-0.4, -0.2) is 21.7 Å². The molecule has 0 fully saturated rings. The van der Waals surface area contributed by atoms with E-state index >= 15 is 0 Å². The van der Waals surface area contributed by atoms with Gasteiger partial charge in [0.1, 0.15) is 11.4 Å². The van der Waals surface area contributed by atoms with Gasteiger partial charge in [0, 0.05) is 4.88 Å². The van der Waals surface area contributed by atoms with Crippen LogP contribution in [0, 0.1) is 0 Å². The fourth-order valence-electron chi connectivity index (χ4n) is 2.94. The smallest absolute Gasteiger partial charge is 0.332 e. The number of thiophene rings is 1. The van der Waals surface area contributed by atoms with Crippen LogP contribution < -0.4 is 11.2 Å². The second-order valence-electron chi connectivity index (χ2n) is 6.84. The molecule has 0 atom stereocenters. The number of fused-ring (bicyclic) bond motifs is 1. The molecule has 3 aromatic rings. The van der Waals surface area contributed by atoms with Crippen molar-refractivity contribution in [3.8, 4) is 0 Å². The van der Waals surface area contributed by atoms with Gasteiger partial charge in [-0.1, -0.05) is 43.1 Å². The third kappa shape index (κ3) is 4.42. The molecule has 9 heteroatoms. The van der Waals surface area contributed by atoms with Crippen molar-refractivity contribution in [3.63, 3.8) is 0 Å². The number of benzene rings is 1. The van der Waals surface area contributed by atoms with Crippen LogP contribution in [0.15, 0.2) is 33.9 Å². The first-order chi connectivity index (χ1) is 13.7. The van der Waals surface area contributed by atoms with Crippen LogP contribution in [0.2, 0.25) is 10.0 Å². The van der Waals surface area contributed by atoms with Crippen LogP contribution in [0.4, 0.5) is 0 Å². The maximum absolute atomic E-state index is 13.1. The van der Waals surface area contributed by atoms with Gasteiger partial charge in [-0.15, -0.1) is 11.3 Å². The average molecular weight is 455 g/mol. The molecule has 0 aliphatic rings. The Labute approximate surface area is 181 Å². The molecule has 0 aliphatic carbocycles. The number of carbonyl (C=O) groups excluding carboxylic acids is 1. The van der Waals surface area contributed by atoms with E-state index in [-0.39, 0.29) is 25.6 Å². The number of hydrogen-bond acceptors (Lipinski definition) is 5. The number of hydrogen-bond donors (Lipinski definition) is 0. The van der Waals surface area contributed by atoms with Gasteiger partial charge in [-0.3, -0.25) is 18.7 Å². The third-order valence-electron chi connectivity index (χ3n) is 4.40. The van der Waals surface area contributed by atoms with E-state index in [1.54, 1.807) is 31.2 Å². The van der Waals surface area contributed by atoms with Crippen LogP contribution >= 0.6 is 34.5 Å². The summed E-state index contributed by atoms with van der Waals surface area (Å²) in [6.07, 6.45) is 0. The SMILES string of the molecule is CCOC(=O)Cn1c(=O)n(Cc2ccc(Cl)c(Cl)c2)c(=O)c2cc(C(C)C)sc21. The van der Waals surface area contributed by atoms with Gasteiger partial charge >= 0.3 is 11.7 Å². The zero-order chi connectivity index (χ0) is 21.3. The van der Waals surface area contributed by atoms with Crippen molar-refractivity contribution in [1.29, 1.82) is 0 Å². The zero-order valence-corrected chi connectivity index (χ0v) is 18.5. The number of ether oxygens (including phenoxy) is 1. The molecular weight excluding hydrogens is 435 g/mol. The minimum atomic E-state index is -0.571. The number of carbonyl (C=O) groups is 1. The van der Waals surface area contributed by atoms with Crippen molar-refractivity contribution in [2.45, 2.75) is 39.8 Å². The summed E-state index contributed by atoms with van der Waals surface area (Å²) in [6.45, 7) is 5.67. The van der Waals surface area contributed by atoms with Gasteiger partial charge in [0.25, 0.3) is 5.56 Å². The summed E-state index contributed by atoms with van der Waals surface area (Å²) in [6, 6.07) is 6.72. The molecule has 0 aliphatic heterocycles. The first-order valence-electron chi connectivity index (χ1n) is 9.09. The largest absolute Gasteiger partial charge is 0.465 e. The van der Waals surface area contributed by atoms with Crippen LogP contribution in [0.25, 0.3) is 10.2 Å². The Bertz CT molecular complexity index is 1190. The Balaban J connectivity index is 2.20. The minimum Gasteiger partial charge on any atom is -0.465 e. The molecule has 0 unspecified atom stereocenters. The molecule has 154 valence electrons. The molecule has 0 amide bonds. The summed E-state index contributed by atoms with van der Waals surface area (Å²) < 4.78 is 7.43. The lowest BCUT2D eigenvalue weighted by molar-refractivity contribution is -0.143. The molecule has 0 N–H and O–H groups in total. The average Bonchev–Trinajstić information content (AvgIpc) is 3.11. The quantitative estimate of drug-likeness (QED) is 0.521. The maximum atomic E-state index is 13.1. The van der Waals surface area contributed by atoms with Crippen molar-refractivity contribution in [3.05, 3.63) is 65.6 Å². The van der Waals surface area contributed by atoms with E-state index in [2.05, 4.69) is 0 Å². The number of esters is 1. The second kappa shape index (κ2) is 8.73. The molecule has 1 aromatic carbocycles. The van der Waals surface area contributed by atoms with Gasteiger partial charge in [0.15, 0.2) is 0 Å². The highest BCUT2D eigenvalue weighted by Gasteiger charge is 2.20. The standard InChI is InChI=1S/C20H20Cl2N2O4S/c1-4-28-17(25)10-24-19-13(8-16(29-19)11(2)3)18(26)23(20(24)27)9-12-5-6-14(21)15(22)7-12/h5-8,11H,4,9-10H2,1-3H3. The molecule has 2 aromatic heterocycles. The molecule has 0 radical (unpaired) electrons. The van der Waals surface area contributed by atoms with E-state index in [9.17, 15) is 14.4 Å². The number of halogens is 2. The van der Waals surface area contributed by atoms with Crippen molar-refractivity contribution >= 4 is 50.7 Å². The lowest BCUT2D eigenvalue weighted by Gasteiger charge is -2.12. The Morgan fingerprint density at radius 1 is 1.14 bits per heavy atom. The molecule has 0 spiro atoms. The first kappa shape index (κ1) is 21.6. The summed E-state index contributed by atoms with van der Waals surface area (Å²) in [5.41, 5.74) is -0.321. The summed E-state index contributed by atoms with van der Waals surface area (Å²) in [5, 5.41) is 1.13. The van der Waals surface area contributed by atoms with Crippen LogP contribution in [0.5, 0.6) is 0 Å². The predicted molar refractivity (Wildman–Crippen MR) is 117 cm³/mol. The van der Waals surface area contributed by atoms with E-state index in [1.807, 2.05) is 13.8 Å². The topological polar surface area (TPSA) is 70.3 Å². The van der Waals surface area contributed by atoms with Gasteiger partial charge in [-0.2, -0.15) is 0 Å². The first-order valence-corrected chi connectivity index (χ1v) is 10.7. The summed E-state index contributed by atoms with van der Waals surface area (Å²) >= 11 is 13.4. The van der Waals surface area contributed by atoms with E-state index < -0.39 is 17.2 Å². The molecule has 0 saturated heterocycles. The molecule has 29 heavy (non-hydrogen) atoms. The van der Waals surface area contributed by atoms with E-state index in [4.69, 9.17) is 27.9 Å². The molecule has 2 heterocycles. The summed E-state index contributed by atoms with van der Waals surface area (Å²) in [7, 11) is 0. The van der Waals surface area contributed by atoms with E-state index in [0.717, 1.165) is 9.44 Å². The Morgan fingerprint density at radius 2 is 1.86 bits per heavy atom. The van der Waals surface area contributed by atoms with Gasteiger partial charge < -0.3 is 4.74 Å². The second-order valence-corrected chi connectivity index (χ2v) is 8.71. The normalized spacial score (nSPS) is 11.4. The van der Waals surface area contributed by atoms with Crippen molar-refractivity contribution in [1.82, 2.24) is 9.13 Å². The lowest BCUT2D eigenvalue weighted by atomic mass is 10.2. The molecule has 6 nitrogen and oxygen atoms in total. The third-order valence-corrected chi connectivity index (χ3v) is 6.60. The summed E-state index contributed by atoms with van der Waals surface area (Å²) in [5.74, 6) is -0.350. The fraction of sp³-hybridized carbons (Fsp3) is 0.350. The van der Waals surface area contributed by atoms with Crippen molar-refractivity contribution < 1.29 is 9.53 Å². The highest BCUT2D eigenvalue weighted by molar-refractivity contribution is 7.18. The Morgan fingerprint density at radius 3 is 2.48 bits per heavy atom. The van der Waals surface area contributed by atoms with Crippen LogP contribution in [-0.2, 0) is 22.6 Å². The predicted octanol–water partition coefficient (Wildman–Crippen LogP) is 4.27. The van der Waals surface area contributed by atoms with Crippen molar-refractivity contribution in [2.24, 2.45) is 0 Å². The van der Waals surface area contributed by atoms with E-state index in [1.165, 1.54) is 15.9 Å². The van der Waals surface area contributed by atoms with Crippen LogP contribution in [0.1, 0.15) is 37.1 Å². The van der Waals surface area contributed by atoms with Gasteiger partial charge in [-0.25, -0.2) is 4.79 Å². The van der Waals surface area contributed by atoms with Gasteiger partial charge in [0.2, 0.25) is 0 Å². The van der Waals surface area contributed by atoms with E-state index in [0.29, 0.717) is 25.8 Å². The monoisotopic (exact) mass is 454 g/mol. The molecule has 0 bridgehead atoms. The highest BCUT2D eigenvalue weighted by atomic mass is 35.5. The number of rotatable bonds is 6. The Hall–Kier alpha value is -2.09. The van der Waals surface area contributed by atoms with Crippen LogP contribution in [0.3, 0.4) is 0 Å². The summed E-state index contributed by atoms with van der Waals surface area (Å²) in [4.78, 5) is 39.8. The molecule has 0 saturated carbocycles. The van der Waals surface area contributed by atoms with Gasteiger partial charge in [-0.05, 0) is 36.6 Å². The lowest BCUT2D eigenvalue weighted by Crippen LogP contribution is -2.41. The molecule has 3 rings (SSSR count). The number of nitrogens with zero attached hydrogens (tertiary/aromatic N) is 2.